The van der Waals surface area contributed by atoms with Crippen molar-refractivity contribution in [2.75, 3.05) is 20.1 Å². The van der Waals surface area contributed by atoms with Crippen LogP contribution in [0.25, 0.3) is 0 Å². The van der Waals surface area contributed by atoms with Gasteiger partial charge in [-0.15, -0.1) is 0 Å². The molecule has 2 aliphatic heterocycles. The second kappa shape index (κ2) is 8.92. The number of piperidine rings is 1. The van der Waals surface area contributed by atoms with Crippen LogP contribution < -0.4 is 4.74 Å². The molecule has 2 aromatic rings. The molecule has 6 heteroatoms. The molecule has 6 nitrogen and oxygen atoms in total. The molecule has 2 atom stereocenters. The number of fused-ring (bicyclic) bond motifs is 5. The van der Waals surface area contributed by atoms with E-state index < -0.39 is 11.9 Å². The SMILES string of the molecule is Cc1ccc2c(c1)[C@H]1CN(C)CC[C@@H]1c1ccccc1O2.O=C(O)/C=C\C(=O)O. The van der Waals surface area contributed by atoms with E-state index in [2.05, 4.69) is 61.3 Å². The van der Waals surface area contributed by atoms with E-state index in [9.17, 15) is 9.59 Å². The second-order valence-corrected chi connectivity index (χ2v) is 7.45. The molecular weight excluding hydrogens is 370 g/mol. The van der Waals surface area contributed by atoms with Crippen LogP contribution in [0.5, 0.6) is 11.5 Å². The number of benzene rings is 2. The molecule has 0 radical (unpaired) electrons. The first kappa shape index (κ1) is 20.6. The number of hydrogen-bond acceptors (Lipinski definition) is 4. The van der Waals surface area contributed by atoms with Gasteiger partial charge in [0, 0.05) is 30.2 Å². The molecule has 1 fully saturated rings. The number of hydrogen-bond donors (Lipinski definition) is 2. The van der Waals surface area contributed by atoms with Crippen LogP contribution in [0.2, 0.25) is 0 Å². The van der Waals surface area contributed by atoms with Gasteiger partial charge in [0.15, 0.2) is 0 Å². The Hall–Kier alpha value is -3.12. The van der Waals surface area contributed by atoms with Crippen LogP contribution in [-0.2, 0) is 9.59 Å². The van der Waals surface area contributed by atoms with E-state index in [-0.39, 0.29) is 0 Å². The lowest BCUT2D eigenvalue weighted by molar-refractivity contribution is -0.134. The summed E-state index contributed by atoms with van der Waals surface area (Å²) in [5.41, 5.74) is 4.07. The first-order chi connectivity index (χ1) is 13.8. The number of para-hydroxylation sites is 1. The van der Waals surface area contributed by atoms with Crippen molar-refractivity contribution in [3.8, 4) is 11.5 Å². The lowest BCUT2D eigenvalue weighted by Gasteiger charge is -2.36. The van der Waals surface area contributed by atoms with E-state index in [0.29, 0.717) is 24.0 Å². The highest BCUT2D eigenvalue weighted by atomic mass is 16.5. The summed E-state index contributed by atoms with van der Waals surface area (Å²) in [7, 11) is 2.23. The van der Waals surface area contributed by atoms with Crippen LogP contribution in [-0.4, -0.2) is 47.2 Å². The van der Waals surface area contributed by atoms with Crippen LogP contribution in [0.1, 0.15) is 34.9 Å². The Bertz CT molecular complexity index is 921. The molecule has 4 rings (SSSR count). The summed E-state index contributed by atoms with van der Waals surface area (Å²) in [6, 6.07) is 15.2. The molecule has 2 N–H and O–H groups in total. The molecule has 0 bridgehead atoms. The molecule has 2 heterocycles. The summed E-state index contributed by atoms with van der Waals surface area (Å²) in [4.78, 5) is 21.6. The van der Waals surface area contributed by atoms with Crippen molar-refractivity contribution in [2.45, 2.75) is 25.2 Å². The number of nitrogens with zero attached hydrogens (tertiary/aromatic N) is 1. The summed E-state index contributed by atoms with van der Waals surface area (Å²) >= 11 is 0. The molecule has 0 saturated carbocycles. The predicted octanol–water partition coefficient (Wildman–Crippen LogP) is 4.02. The van der Waals surface area contributed by atoms with Gasteiger partial charge in [0.25, 0.3) is 0 Å². The van der Waals surface area contributed by atoms with Gasteiger partial charge in [-0.2, -0.15) is 0 Å². The van der Waals surface area contributed by atoms with Gasteiger partial charge in [-0.05, 0) is 50.6 Å². The zero-order valence-electron chi connectivity index (χ0n) is 16.5. The van der Waals surface area contributed by atoms with Gasteiger partial charge in [0.05, 0.1) is 0 Å². The number of likely N-dealkylation sites (tertiary alicyclic amines) is 1. The number of ether oxygens (including phenoxy) is 1. The lowest BCUT2D eigenvalue weighted by Crippen LogP contribution is -2.35. The van der Waals surface area contributed by atoms with E-state index in [1.165, 1.54) is 23.1 Å². The molecule has 29 heavy (non-hydrogen) atoms. The Morgan fingerprint density at radius 2 is 1.66 bits per heavy atom. The molecule has 0 aliphatic carbocycles. The quantitative estimate of drug-likeness (QED) is 0.747. The van der Waals surface area contributed by atoms with Gasteiger partial charge in [0.2, 0.25) is 0 Å². The topological polar surface area (TPSA) is 87.1 Å². The standard InChI is InChI=1S/C19H21NO.C4H4O4/c1-13-7-8-19-16(11-13)17-12-20(2)10-9-14(17)15-5-3-4-6-18(15)21-19;5-3(6)1-2-4(7)8/h3-8,11,14,17H,9-10,12H2,1-2H3;1-2H,(H,5,6)(H,7,8)/b;2-1-/t14-,17+;/m1./s1. The molecule has 152 valence electrons. The smallest absolute Gasteiger partial charge is 0.328 e. The second-order valence-electron chi connectivity index (χ2n) is 7.45. The van der Waals surface area contributed by atoms with Gasteiger partial charge < -0.3 is 19.8 Å². The maximum atomic E-state index is 9.55. The number of carboxylic acid groups (broad SMARTS) is 2. The molecule has 1 saturated heterocycles. The maximum absolute atomic E-state index is 9.55. The summed E-state index contributed by atoms with van der Waals surface area (Å²) in [6.07, 6.45) is 2.32. The van der Waals surface area contributed by atoms with Gasteiger partial charge in [0.1, 0.15) is 11.5 Å². The third kappa shape index (κ3) is 5.03. The number of carbonyl (C=O) groups is 2. The van der Waals surface area contributed by atoms with Crippen LogP contribution in [0.15, 0.2) is 54.6 Å². The average molecular weight is 395 g/mol. The minimum absolute atomic E-state index is 0.530. The molecule has 2 aliphatic rings. The normalized spacial score (nSPS) is 20.2. The Morgan fingerprint density at radius 1 is 1.00 bits per heavy atom. The van der Waals surface area contributed by atoms with Crippen molar-refractivity contribution in [1.29, 1.82) is 0 Å². The van der Waals surface area contributed by atoms with Gasteiger partial charge >= 0.3 is 11.9 Å². The Morgan fingerprint density at radius 3 is 2.34 bits per heavy atom. The minimum Gasteiger partial charge on any atom is -0.478 e. The lowest BCUT2D eigenvalue weighted by atomic mass is 9.76. The number of likely N-dealkylation sites (N-methyl/N-ethyl adjacent to an activating group) is 1. The zero-order valence-corrected chi connectivity index (χ0v) is 16.5. The van der Waals surface area contributed by atoms with E-state index in [4.69, 9.17) is 14.9 Å². The molecule has 0 spiro atoms. The van der Waals surface area contributed by atoms with Crippen molar-refractivity contribution in [1.82, 2.24) is 4.90 Å². The van der Waals surface area contributed by atoms with Crippen molar-refractivity contribution < 1.29 is 24.5 Å². The van der Waals surface area contributed by atoms with Crippen molar-refractivity contribution in [2.24, 2.45) is 0 Å². The first-order valence-corrected chi connectivity index (χ1v) is 9.55. The third-order valence-electron chi connectivity index (χ3n) is 5.29. The fraction of sp³-hybridized carbons (Fsp3) is 0.304. The van der Waals surface area contributed by atoms with E-state index in [0.717, 1.165) is 24.6 Å². The third-order valence-corrected chi connectivity index (χ3v) is 5.29. The van der Waals surface area contributed by atoms with Crippen molar-refractivity contribution >= 4 is 11.9 Å². The summed E-state index contributed by atoms with van der Waals surface area (Å²) < 4.78 is 6.27. The molecule has 0 aromatic heterocycles. The Labute approximate surface area is 170 Å². The van der Waals surface area contributed by atoms with Gasteiger partial charge in [-0.1, -0.05) is 35.9 Å². The van der Waals surface area contributed by atoms with Gasteiger partial charge in [-0.25, -0.2) is 9.59 Å². The van der Waals surface area contributed by atoms with E-state index >= 15 is 0 Å². The van der Waals surface area contributed by atoms with Crippen LogP contribution in [0.3, 0.4) is 0 Å². The average Bonchev–Trinajstić information content (AvgIpc) is 2.81. The molecular formula is C23H25NO5. The summed E-state index contributed by atoms with van der Waals surface area (Å²) in [5, 5.41) is 15.6. The number of carboxylic acids is 2. The van der Waals surface area contributed by atoms with Crippen LogP contribution in [0.4, 0.5) is 0 Å². The van der Waals surface area contributed by atoms with Crippen molar-refractivity contribution in [3.63, 3.8) is 0 Å². The van der Waals surface area contributed by atoms with Gasteiger partial charge in [-0.3, -0.25) is 0 Å². The molecule has 0 unspecified atom stereocenters. The highest BCUT2D eigenvalue weighted by Crippen LogP contribution is 2.49. The predicted molar refractivity (Wildman–Crippen MR) is 110 cm³/mol. The van der Waals surface area contributed by atoms with E-state index in [1.54, 1.807) is 0 Å². The highest BCUT2D eigenvalue weighted by molar-refractivity contribution is 5.89. The van der Waals surface area contributed by atoms with Crippen LogP contribution in [0, 0.1) is 6.92 Å². The minimum atomic E-state index is -1.26. The fourth-order valence-electron chi connectivity index (χ4n) is 3.99. The highest BCUT2D eigenvalue weighted by Gasteiger charge is 2.35. The molecule has 2 aromatic carbocycles. The van der Waals surface area contributed by atoms with E-state index in [1.807, 2.05) is 0 Å². The first-order valence-electron chi connectivity index (χ1n) is 9.55. The zero-order chi connectivity index (χ0) is 21.0. The fourth-order valence-corrected chi connectivity index (χ4v) is 3.99. The largest absolute Gasteiger partial charge is 0.478 e. The summed E-state index contributed by atoms with van der Waals surface area (Å²) in [5.74, 6) is 0.665. The number of aliphatic carboxylic acids is 2. The maximum Gasteiger partial charge on any atom is 0.328 e. The monoisotopic (exact) mass is 395 g/mol. The molecule has 0 amide bonds. The Balaban J connectivity index is 0.000000258. The van der Waals surface area contributed by atoms with Crippen molar-refractivity contribution in [3.05, 3.63) is 71.3 Å². The number of aryl methyl sites for hydroxylation is 1. The van der Waals surface area contributed by atoms with Crippen LogP contribution >= 0.6 is 0 Å². The Kier molecular flexibility index (Phi) is 6.34. The number of rotatable bonds is 2. The summed E-state index contributed by atoms with van der Waals surface area (Å²) in [6.45, 7) is 4.44.